The number of carboxylic acid groups (broad SMARTS) is 1. The Kier molecular flexibility index (Phi) is 4.29. The molecule has 1 aliphatic rings. The number of carboxylic acids is 1. The average molecular weight is 341 g/mol. The van der Waals surface area contributed by atoms with E-state index in [2.05, 4.69) is 9.98 Å². The number of nitrogens with one attached hydrogen (secondary N) is 3. The second kappa shape index (κ2) is 6.56. The summed E-state index contributed by atoms with van der Waals surface area (Å²) in [5, 5.41) is 16.0. The highest BCUT2D eigenvalue weighted by Crippen LogP contribution is 2.19. The van der Waals surface area contributed by atoms with Gasteiger partial charge < -0.3 is 14.9 Å². The van der Waals surface area contributed by atoms with Gasteiger partial charge in [0.05, 0.1) is 12.0 Å². The van der Waals surface area contributed by atoms with Crippen molar-refractivity contribution in [1.82, 2.24) is 15.6 Å². The summed E-state index contributed by atoms with van der Waals surface area (Å²) in [6.45, 7) is 0. The fourth-order valence-electron chi connectivity index (χ4n) is 2.56. The second-order valence-electron chi connectivity index (χ2n) is 5.48. The van der Waals surface area contributed by atoms with E-state index in [1.165, 1.54) is 0 Å². The first kappa shape index (κ1) is 16.4. The summed E-state index contributed by atoms with van der Waals surface area (Å²) in [5.74, 6) is -4.53. The van der Waals surface area contributed by atoms with Crippen LogP contribution in [0.5, 0.6) is 0 Å². The Morgan fingerprint density at radius 1 is 1.20 bits per heavy atom. The van der Waals surface area contributed by atoms with Gasteiger partial charge in [-0.05, 0) is 11.6 Å². The molecular formula is C16H13N4O5-. The molecule has 0 radical (unpaired) electrons. The molecule has 25 heavy (non-hydrogen) atoms. The number of carbonyl (C=O) groups is 4. The molecule has 1 saturated heterocycles. The van der Waals surface area contributed by atoms with Crippen molar-refractivity contribution in [2.24, 2.45) is 10.9 Å². The monoisotopic (exact) mass is 341 g/mol. The fourth-order valence-corrected chi connectivity index (χ4v) is 2.56. The molecule has 9 heteroatoms. The third-order valence-corrected chi connectivity index (χ3v) is 3.81. The predicted octanol–water partition coefficient (Wildman–Crippen LogP) is -1.12. The van der Waals surface area contributed by atoms with Gasteiger partial charge in [0.25, 0.3) is 0 Å². The van der Waals surface area contributed by atoms with Crippen molar-refractivity contribution in [3.8, 4) is 0 Å². The molecule has 9 nitrogen and oxygen atoms in total. The van der Waals surface area contributed by atoms with E-state index in [0.717, 1.165) is 22.7 Å². The zero-order valence-electron chi connectivity index (χ0n) is 12.8. The minimum absolute atomic E-state index is 0.0255. The maximum absolute atomic E-state index is 11.6. The molecule has 0 spiro atoms. The van der Waals surface area contributed by atoms with Gasteiger partial charge >= 0.3 is 6.03 Å². The third kappa shape index (κ3) is 3.39. The molecule has 0 aliphatic carbocycles. The van der Waals surface area contributed by atoms with E-state index in [1.807, 2.05) is 34.9 Å². The van der Waals surface area contributed by atoms with Gasteiger partial charge in [-0.1, -0.05) is 18.2 Å². The molecule has 1 aromatic carbocycles. The Bertz CT molecular complexity index is 881. The standard InChI is InChI=1S/C16H14N4O5/c21-13-10(14(22)20-16(25)19-13)7-18-12(15(23)24)5-8-6-17-11-4-2-1-3-9(8)11/h1-4,6-7,10,12,17H,5H2,(H,23,24)(H2,19,20,21,22,25)/p-1/t12-/m0/s1. The lowest BCUT2D eigenvalue weighted by atomic mass is 10.0. The summed E-state index contributed by atoms with van der Waals surface area (Å²) in [4.78, 5) is 52.5. The van der Waals surface area contributed by atoms with Gasteiger partial charge in [-0.2, -0.15) is 0 Å². The van der Waals surface area contributed by atoms with Crippen molar-refractivity contribution in [2.75, 3.05) is 0 Å². The smallest absolute Gasteiger partial charge is 0.328 e. The quantitative estimate of drug-likeness (QED) is 0.466. The Hall–Kier alpha value is -3.49. The molecule has 0 bridgehead atoms. The lowest BCUT2D eigenvalue weighted by molar-refractivity contribution is -0.307. The summed E-state index contributed by atoms with van der Waals surface area (Å²) in [7, 11) is 0. The van der Waals surface area contributed by atoms with Gasteiger partial charge in [0.15, 0.2) is 5.92 Å². The molecule has 3 rings (SSSR count). The number of para-hydroxylation sites is 1. The Morgan fingerprint density at radius 3 is 2.56 bits per heavy atom. The van der Waals surface area contributed by atoms with E-state index in [1.54, 1.807) is 6.20 Å². The normalized spacial score (nSPS) is 16.9. The molecule has 1 aliphatic heterocycles. The first-order valence-electron chi connectivity index (χ1n) is 7.40. The molecule has 0 unspecified atom stereocenters. The van der Waals surface area contributed by atoms with E-state index in [4.69, 9.17) is 0 Å². The summed E-state index contributed by atoms with van der Waals surface area (Å²) < 4.78 is 0. The van der Waals surface area contributed by atoms with E-state index in [0.29, 0.717) is 0 Å². The first-order valence-corrected chi connectivity index (χ1v) is 7.40. The van der Waals surface area contributed by atoms with Crippen LogP contribution >= 0.6 is 0 Å². The first-order chi connectivity index (χ1) is 12.0. The summed E-state index contributed by atoms with van der Waals surface area (Å²) >= 11 is 0. The third-order valence-electron chi connectivity index (χ3n) is 3.81. The van der Waals surface area contributed by atoms with Crippen molar-refractivity contribution in [3.05, 3.63) is 36.0 Å². The van der Waals surface area contributed by atoms with E-state index >= 15 is 0 Å². The Balaban J connectivity index is 1.80. The topological polar surface area (TPSA) is 144 Å². The molecule has 2 aromatic rings. The SMILES string of the molecule is O=C1NC(=O)C(C=N[C@@H](Cc2c[nH]c3ccccc23)C(=O)[O-])C(=O)N1. The number of barbiturate groups is 1. The number of imide groups is 2. The maximum Gasteiger partial charge on any atom is 0.328 e. The zero-order valence-corrected chi connectivity index (χ0v) is 12.8. The molecule has 3 N–H and O–H groups in total. The molecular weight excluding hydrogens is 328 g/mol. The van der Waals surface area contributed by atoms with E-state index in [9.17, 15) is 24.3 Å². The van der Waals surface area contributed by atoms with Gasteiger partial charge in [0.1, 0.15) is 0 Å². The van der Waals surface area contributed by atoms with Crippen LogP contribution in [0.1, 0.15) is 5.56 Å². The number of aliphatic imine (C=N–C) groups is 1. The van der Waals surface area contributed by atoms with Crippen LogP contribution < -0.4 is 15.7 Å². The number of aromatic nitrogens is 1. The minimum atomic E-state index is -1.44. The van der Waals surface area contributed by atoms with E-state index < -0.39 is 35.8 Å². The number of amides is 4. The van der Waals surface area contributed by atoms with Crippen LogP contribution in [0.25, 0.3) is 10.9 Å². The molecule has 4 amide bonds. The van der Waals surface area contributed by atoms with Crippen LogP contribution in [-0.4, -0.2) is 41.1 Å². The zero-order chi connectivity index (χ0) is 18.0. The lowest BCUT2D eigenvalue weighted by Crippen LogP contribution is -2.56. The van der Waals surface area contributed by atoms with Crippen molar-refractivity contribution >= 4 is 40.9 Å². The number of rotatable bonds is 5. The van der Waals surface area contributed by atoms with Crippen LogP contribution in [0.4, 0.5) is 4.79 Å². The van der Waals surface area contributed by atoms with Crippen molar-refractivity contribution in [3.63, 3.8) is 0 Å². The largest absolute Gasteiger partial charge is 0.548 e. The Morgan fingerprint density at radius 2 is 1.88 bits per heavy atom. The number of hydrogen-bond donors (Lipinski definition) is 3. The van der Waals surface area contributed by atoms with Crippen LogP contribution in [0, 0.1) is 5.92 Å². The van der Waals surface area contributed by atoms with Gasteiger partial charge in [0.2, 0.25) is 11.8 Å². The highest BCUT2D eigenvalue weighted by Gasteiger charge is 2.33. The van der Waals surface area contributed by atoms with Gasteiger partial charge in [-0.3, -0.25) is 25.2 Å². The fraction of sp³-hybridized carbons (Fsp3) is 0.188. The number of hydrogen-bond acceptors (Lipinski definition) is 6. The number of benzene rings is 1. The van der Waals surface area contributed by atoms with Gasteiger partial charge in [0, 0.05) is 29.7 Å². The molecule has 0 saturated carbocycles. The summed E-state index contributed by atoms with van der Waals surface area (Å²) in [5.41, 5.74) is 1.57. The Labute approximate surface area is 141 Å². The number of H-pyrrole nitrogens is 1. The predicted molar refractivity (Wildman–Crippen MR) is 84.5 cm³/mol. The van der Waals surface area contributed by atoms with Crippen LogP contribution in [-0.2, 0) is 20.8 Å². The second-order valence-corrected chi connectivity index (χ2v) is 5.48. The van der Waals surface area contributed by atoms with E-state index in [-0.39, 0.29) is 6.42 Å². The molecule has 1 atom stereocenters. The van der Waals surface area contributed by atoms with Gasteiger partial charge in [-0.25, -0.2) is 4.79 Å². The molecule has 1 fully saturated rings. The number of fused-ring (bicyclic) bond motifs is 1. The molecule has 2 heterocycles. The van der Waals surface area contributed by atoms with Crippen LogP contribution in [0.15, 0.2) is 35.5 Å². The molecule has 128 valence electrons. The van der Waals surface area contributed by atoms with Gasteiger partial charge in [-0.15, -0.1) is 0 Å². The summed E-state index contributed by atoms with van der Waals surface area (Å²) in [6, 6.07) is 5.16. The van der Waals surface area contributed by atoms with Crippen molar-refractivity contribution < 1.29 is 24.3 Å². The lowest BCUT2D eigenvalue weighted by Gasteiger charge is -2.18. The maximum atomic E-state index is 11.6. The van der Waals surface area contributed by atoms with Crippen molar-refractivity contribution in [2.45, 2.75) is 12.5 Å². The number of carbonyl (C=O) groups excluding carboxylic acids is 4. The molecule has 1 aromatic heterocycles. The number of aromatic amines is 1. The van der Waals surface area contributed by atoms with Crippen LogP contribution in [0.2, 0.25) is 0 Å². The average Bonchev–Trinajstić information content (AvgIpc) is 2.95. The number of urea groups is 1. The highest BCUT2D eigenvalue weighted by atomic mass is 16.4. The highest BCUT2D eigenvalue weighted by molar-refractivity contribution is 6.23. The number of nitrogens with zero attached hydrogens (tertiary/aromatic N) is 1. The number of aliphatic carboxylic acids is 1. The van der Waals surface area contributed by atoms with Crippen LogP contribution in [0.3, 0.4) is 0 Å². The summed E-state index contributed by atoms with van der Waals surface area (Å²) in [6.07, 6.45) is 2.62. The van der Waals surface area contributed by atoms with Crippen molar-refractivity contribution in [1.29, 1.82) is 0 Å². The minimum Gasteiger partial charge on any atom is -0.548 e.